The van der Waals surface area contributed by atoms with Crippen molar-refractivity contribution in [2.75, 3.05) is 26.4 Å². The van der Waals surface area contributed by atoms with Crippen LogP contribution < -0.4 is 37.1 Å². The first kappa shape index (κ1) is 24.9. The second-order valence-corrected chi connectivity index (χ2v) is 11.7. The number of benzene rings is 1. The summed E-state index contributed by atoms with van der Waals surface area (Å²) in [4.78, 5) is 27.1. The summed E-state index contributed by atoms with van der Waals surface area (Å²) in [6, 6.07) is 13.8. The Balaban J connectivity index is 1.21. The normalized spacial score (nSPS) is 20.5. The van der Waals surface area contributed by atoms with Crippen molar-refractivity contribution < 1.29 is 35.5 Å². The molecule has 1 fully saturated rings. The van der Waals surface area contributed by atoms with Crippen molar-refractivity contribution in [3.05, 3.63) is 85.3 Å². The number of nitriles is 1. The molecule has 8 nitrogen and oxygen atoms in total. The van der Waals surface area contributed by atoms with Gasteiger partial charge in [0.25, 0.3) is 0 Å². The van der Waals surface area contributed by atoms with Gasteiger partial charge in [-0.2, -0.15) is 0 Å². The molecule has 1 N–H and O–H groups in total. The third-order valence-corrected chi connectivity index (χ3v) is 9.11. The molecule has 192 valence electrons. The van der Waals surface area contributed by atoms with E-state index in [9.17, 15) is 10.1 Å². The molecular weight excluding hydrogens is 593 g/mol. The van der Waals surface area contributed by atoms with E-state index in [0.717, 1.165) is 44.5 Å². The number of rotatable bonds is 5. The summed E-state index contributed by atoms with van der Waals surface area (Å²) in [7, 11) is 0. The number of hydrogen-bond acceptors (Lipinski definition) is 7. The molecule has 0 unspecified atom stereocenters. The molecule has 3 aromatic rings. The molecule has 0 saturated carbocycles. The molecule has 1 amide bonds. The number of carbonyl (C=O) groups is 1. The molecule has 2 aromatic heterocycles. The van der Waals surface area contributed by atoms with E-state index in [0.29, 0.717) is 38.5 Å². The standard InChI is InChI=1S/C29H25IN5O3/c1-29(16-31)17-38-13-21-3-2-19(9-23(21)29)28(36)33-12-18-8-26-20(11-30-10-18)4-5-24(34-26)25-6-7-32-27(35-25)22-14-37-15-22/h2-11,22H,12-15,17H2,1H3,(H,33,36)/q-1/t29-/m1/s1. The molecule has 9 heteroatoms. The second-order valence-electron chi connectivity index (χ2n) is 9.76. The molecule has 1 aromatic carbocycles. The molecule has 5 heterocycles. The summed E-state index contributed by atoms with van der Waals surface area (Å²) < 4.78 is 15.3. The summed E-state index contributed by atoms with van der Waals surface area (Å²) >= 11 is -0.325. The Labute approximate surface area is 230 Å². The summed E-state index contributed by atoms with van der Waals surface area (Å²) in [5, 5.41) is 14.7. The van der Waals surface area contributed by atoms with Crippen molar-refractivity contribution in [1.29, 1.82) is 5.26 Å². The van der Waals surface area contributed by atoms with Gasteiger partial charge in [-0.1, -0.05) is 0 Å². The van der Waals surface area contributed by atoms with Crippen LogP contribution in [-0.2, 0) is 21.5 Å². The van der Waals surface area contributed by atoms with E-state index in [4.69, 9.17) is 19.4 Å². The molecule has 1 saturated heterocycles. The maximum absolute atomic E-state index is 13.1. The SMILES string of the molecule is C[C@@]1(C#N)COCc2ccc(C(=O)NCC3=C[I-]C=c4ccc(-c5ccnc(C6COC6)n5)nc4=C3)cc21. The fourth-order valence-corrected chi connectivity index (χ4v) is 6.54. The molecule has 3 aliphatic rings. The number of hydrogen-bond donors (Lipinski definition) is 1. The average molecular weight is 618 g/mol. The van der Waals surface area contributed by atoms with Gasteiger partial charge in [0, 0.05) is 0 Å². The molecule has 0 bridgehead atoms. The number of ether oxygens (including phenoxy) is 2. The average Bonchev–Trinajstić information content (AvgIpc) is 3.12. The van der Waals surface area contributed by atoms with E-state index in [1.165, 1.54) is 0 Å². The number of amides is 1. The third-order valence-electron chi connectivity index (χ3n) is 6.92. The van der Waals surface area contributed by atoms with Crippen molar-refractivity contribution in [3.8, 4) is 17.5 Å². The Bertz CT molecular complexity index is 1630. The zero-order valence-electron chi connectivity index (χ0n) is 20.8. The van der Waals surface area contributed by atoms with Crippen LogP contribution in [0.4, 0.5) is 0 Å². The third kappa shape index (κ3) is 4.87. The van der Waals surface area contributed by atoms with Gasteiger partial charge in [-0.3, -0.25) is 0 Å². The molecule has 0 spiro atoms. The summed E-state index contributed by atoms with van der Waals surface area (Å²) in [6.07, 6.45) is 3.82. The van der Waals surface area contributed by atoms with E-state index in [-0.39, 0.29) is 33.0 Å². The van der Waals surface area contributed by atoms with Gasteiger partial charge >= 0.3 is 231 Å². The van der Waals surface area contributed by atoms with Crippen LogP contribution in [0.15, 0.2) is 52.3 Å². The molecule has 0 aliphatic carbocycles. The molecule has 0 radical (unpaired) electrons. The number of halogens is 1. The molecule has 38 heavy (non-hydrogen) atoms. The Hall–Kier alpha value is -3.46. The summed E-state index contributed by atoms with van der Waals surface area (Å²) in [6.45, 7) is 4.34. The zero-order valence-corrected chi connectivity index (χ0v) is 22.9. The second kappa shape index (κ2) is 10.4. The van der Waals surface area contributed by atoms with Crippen LogP contribution in [0, 0.1) is 11.3 Å². The molecule has 6 rings (SSSR count). The van der Waals surface area contributed by atoms with Crippen LogP contribution >= 0.6 is 0 Å². The molecule has 1 atom stereocenters. The van der Waals surface area contributed by atoms with E-state index in [1.807, 2.05) is 37.3 Å². The van der Waals surface area contributed by atoms with Gasteiger partial charge in [-0.05, 0) is 0 Å². The minimum absolute atomic E-state index is 0.171. The van der Waals surface area contributed by atoms with Gasteiger partial charge in [-0.15, -0.1) is 0 Å². The van der Waals surface area contributed by atoms with Gasteiger partial charge < -0.3 is 0 Å². The monoisotopic (exact) mass is 618 g/mol. The van der Waals surface area contributed by atoms with Gasteiger partial charge in [0.2, 0.25) is 0 Å². The quantitative estimate of drug-likeness (QED) is 0.362. The minimum atomic E-state index is -0.759. The van der Waals surface area contributed by atoms with Crippen LogP contribution in [0.1, 0.15) is 40.2 Å². The van der Waals surface area contributed by atoms with Crippen LogP contribution in [0.25, 0.3) is 21.5 Å². The number of pyridine rings is 1. The fourth-order valence-electron chi connectivity index (χ4n) is 4.59. The first-order valence-electron chi connectivity index (χ1n) is 12.3. The number of aromatic nitrogens is 3. The summed E-state index contributed by atoms with van der Waals surface area (Å²) in [5.74, 6) is 0.867. The van der Waals surface area contributed by atoms with Crippen LogP contribution in [-0.4, -0.2) is 47.2 Å². The first-order valence-corrected chi connectivity index (χ1v) is 14.8. The predicted octanol–water partition coefficient (Wildman–Crippen LogP) is -1.10. The Morgan fingerprint density at radius 1 is 1.16 bits per heavy atom. The van der Waals surface area contributed by atoms with Crippen LogP contribution in [0.3, 0.4) is 0 Å². The van der Waals surface area contributed by atoms with Gasteiger partial charge in [0.05, 0.1) is 0 Å². The number of fused-ring (bicyclic) bond motifs is 2. The van der Waals surface area contributed by atoms with E-state index < -0.39 is 5.41 Å². The van der Waals surface area contributed by atoms with E-state index in [2.05, 4.69) is 30.6 Å². The van der Waals surface area contributed by atoms with Gasteiger partial charge in [0.15, 0.2) is 0 Å². The number of carbonyl (C=O) groups excluding carboxylic acids is 1. The number of nitrogens with one attached hydrogen (secondary N) is 1. The Morgan fingerprint density at radius 2 is 2.03 bits per heavy atom. The van der Waals surface area contributed by atoms with Crippen molar-refractivity contribution in [2.45, 2.75) is 24.9 Å². The topological polar surface area (TPSA) is 110 Å². The van der Waals surface area contributed by atoms with Gasteiger partial charge in [-0.25, -0.2) is 0 Å². The zero-order chi connectivity index (χ0) is 26.1. The van der Waals surface area contributed by atoms with Gasteiger partial charge in [0.1, 0.15) is 0 Å². The molecule has 3 aliphatic heterocycles. The van der Waals surface area contributed by atoms with E-state index >= 15 is 0 Å². The Morgan fingerprint density at radius 3 is 2.84 bits per heavy atom. The van der Waals surface area contributed by atoms with E-state index in [1.54, 1.807) is 12.3 Å². The van der Waals surface area contributed by atoms with Crippen LogP contribution in [0.5, 0.6) is 0 Å². The number of nitrogens with zero attached hydrogens (tertiary/aromatic N) is 4. The fraction of sp³-hybridized carbons (Fsp3) is 0.276. The van der Waals surface area contributed by atoms with Crippen molar-refractivity contribution in [1.82, 2.24) is 20.3 Å². The van der Waals surface area contributed by atoms with Crippen molar-refractivity contribution in [3.63, 3.8) is 0 Å². The summed E-state index contributed by atoms with van der Waals surface area (Å²) in [5.41, 5.74) is 4.20. The predicted molar refractivity (Wildman–Crippen MR) is 136 cm³/mol. The van der Waals surface area contributed by atoms with Crippen molar-refractivity contribution in [2.24, 2.45) is 0 Å². The first-order chi connectivity index (χ1) is 18.5. The van der Waals surface area contributed by atoms with Crippen molar-refractivity contribution >= 4 is 16.1 Å². The van der Waals surface area contributed by atoms with Crippen LogP contribution in [0.2, 0.25) is 0 Å². The Kier molecular flexibility index (Phi) is 6.78. The maximum atomic E-state index is 13.1. The molecular formula is C29H25IN5O3-.